The zero-order valence-electron chi connectivity index (χ0n) is 8.80. The molecule has 0 amide bonds. The smallest absolute Gasteiger partial charge is 0.165 e. The molecule has 3 heteroatoms. The summed E-state index contributed by atoms with van der Waals surface area (Å²) in [7, 11) is 0. The third-order valence-corrected chi connectivity index (χ3v) is 2.32. The molecule has 0 aromatic heterocycles. The lowest BCUT2D eigenvalue weighted by Gasteiger charge is -2.24. The van der Waals surface area contributed by atoms with Crippen LogP contribution in [0.4, 0.5) is 0 Å². The van der Waals surface area contributed by atoms with Gasteiger partial charge >= 0.3 is 0 Å². The zero-order chi connectivity index (χ0) is 9.95. The second-order valence-corrected chi connectivity index (χ2v) is 4.50. The molecule has 1 rings (SSSR count). The topological polar surface area (TPSA) is 38.7 Å². The fraction of sp³-hybridized carbons (Fsp3) is 1.00. The van der Waals surface area contributed by atoms with E-state index in [0.29, 0.717) is 13.2 Å². The summed E-state index contributed by atoms with van der Waals surface area (Å²) in [6.45, 7) is 7.00. The molecule has 1 fully saturated rings. The summed E-state index contributed by atoms with van der Waals surface area (Å²) in [5.41, 5.74) is -0.574. The highest BCUT2D eigenvalue weighted by Crippen LogP contribution is 2.26. The molecular formula is C10H20O3. The van der Waals surface area contributed by atoms with E-state index >= 15 is 0 Å². The minimum Gasteiger partial charge on any atom is -0.390 e. The van der Waals surface area contributed by atoms with E-state index in [1.54, 1.807) is 0 Å². The van der Waals surface area contributed by atoms with Gasteiger partial charge < -0.3 is 14.6 Å². The Bertz CT molecular complexity index is 154. The van der Waals surface area contributed by atoms with Crippen molar-refractivity contribution >= 4 is 0 Å². The first kappa shape index (κ1) is 11.0. The third-order valence-electron chi connectivity index (χ3n) is 2.32. The average molecular weight is 188 g/mol. The third kappa shape index (κ3) is 4.07. The molecule has 0 aliphatic carbocycles. The zero-order valence-corrected chi connectivity index (χ0v) is 8.80. The van der Waals surface area contributed by atoms with Gasteiger partial charge in [-0.1, -0.05) is 0 Å². The van der Waals surface area contributed by atoms with E-state index in [4.69, 9.17) is 9.47 Å². The summed E-state index contributed by atoms with van der Waals surface area (Å²) in [6.07, 6.45) is 2.58. The van der Waals surface area contributed by atoms with Crippen LogP contribution in [0.25, 0.3) is 0 Å². The van der Waals surface area contributed by atoms with Gasteiger partial charge in [-0.3, -0.25) is 0 Å². The van der Waals surface area contributed by atoms with Gasteiger partial charge in [0.05, 0.1) is 18.8 Å². The normalized spacial score (nSPS) is 22.2. The minimum atomic E-state index is -0.574. The minimum absolute atomic E-state index is 0.398. The Balaban J connectivity index is 2.18. The molecule has 0 atom stereocenters. The van der Waals surface area contributed by atoms with E-state index in [1.807, 2.05) is 20.8 Å². The molecule has 3 nitrogen and oxygen atoms in total. The van der Waals surface area contributed by atoms with Crippen molar-refractivity contribution in [2.45, 2.75) is 51.4 Å². The maximum absolute atomic E-state index is 9.49. The molecule has 0 saturated carbocycles. The predicted molar refractivity (Wildman–Crippen MR) is 50.5 cm³/mol. The predicted octanol–water partition coefficient (Wildman–Crippen LogP) is 1.69. The Hall–Kier alpha value is -0.120. The quantitative estimate of drug-likeness (QED) is 0.729. The molecule has 0 aromatic rings. The van der Waals surface area contributed by atoms with E-state index in [0.717, 1.165) is 19.3 Å². The van der Waals surface area contributed by atoms with Gasteiger partial charge in [-0.2, -0.15) is 0 Å². The highest BCUT2D eigenvalue weighted by molar-refractivity contribution is 4.71. The molecular weight excluding hydrogens is 168 g/mol. The number of ether oxygens (including phenoxy) is 2. The molecule has 0 aromatic carbocycles. The second kappa shape index (κ2) is 3.95. The van der Waals surface area contributed by atoms with Crippen LogP contribution in [0.2, 0.25) is 0 Å². The van der Waals surface area contributed by atoms with Crippen molar-refractivity contribution in [3.63, 3.8) is 0 Å². The van der Waals surface area contributed by atoms with E-state index in [2.05, 4.69) is 0 Å². The molecule has 78 valence electrons. The number of hydrogen-bond acceptors (Lipinski definition) is 3. The van der Waals surface area contributed by atoms with Crippen molar-refractivity contribution in [1.82, 2.24) is 0 Å². The van der Waals surface area contributed by atoms with Crippen LogP contribution in [-0.4, -0.2) is 29.7 Å². The van der Waals surface area contributed by atoms with Crippen LogP contribution >= 0.6 is 0 Å². The number of rotatable bonds is 4. The van der Waals surface area contributed by atoms with Crippen LogP contribution in [0.5, 0.6) is 0 Å². The first-order chi connectivity index (χ1) is 5.91. The molecule has 1 aliphatic heterocycles. The van der Waals surface area contributed by atoms with Crippen LogP contribution in [-0.2, 0) is 9.47 Å². The first-order valence-corrected chi connectivity index (χ1v) is 4.92. The lowest BCUT2D eigenvalue weighted by atomic mass is 9.99. The van der Waals surface area contributed by atoms with Crippen molar-refractivity contribution in [2.75, 3.05) is 13.2 Å². The molecule has 1 aliphatic rings. The van der Waals surface area contributed by atoms with Crippen molar-refractivity contribution in [2.24, 2.45) is 0 Å². The van der Waals surface area contributed by atoms with Gasteiger partial charge in [-0.15, -0.1) is 0 Å². The lowest BCUT2D eigenvalue weighted by Crippen LogP contribution is -2.27. The Morgan fingerprint density at radius 2 is 1.85 bits per heavy atom. The lowest BCUT2D eigenvalue weighted by molar-refractivity contribution is -0.148. The Morgan fingerprint density at radius 1 is 1.31 bits per heavy atom. The van der Waals surface area contributed by atoms with Crippen LogP contribution in [0.3, 0.4) is 0 Å². The molecule has 0 radical (unpaired) electrons. The fourth-order valence-electron chi connectivity index (χ4n) is 1.54. The standard InChI is InChI=1S/C10H20O3/c1-9(2,11)5-4-6-10(3)12-7-8-13-10/h11H,4-8H2,1-3H3. The van der Waals surface area contributed by atoms with E-state index < -0.39 is 11.4 Å². The van der Waals surface area contributed by atoms with Crippen molar-refractivity contribution in [3.8, 4) is 0 Å². The summed E-state index contributed by atoms with van der Waals surface area (Å²) >= 11 is 0. The van der Waals surface area contributed by atoms with Gasteiger partial charge in [0, 0.05) is 6.42 Å². The molecule has 1 heterocycles. The summed E-state index contributed by atoms with van der Waals surface area (Å²) in [4.78, 5) is 0. The van der Waals surface area contributed by atoms with Crippen LogP contribution in [0.15, 0.2) is 0 Å². The molecule has 0 bridgehead atoms. The van der Waals surface area contributed by atoms with E-state index in [1.165, 1.54) is 0 Å². The molecule has 1 saturated heterocycles. The summed E-state index contributed by atoms with van der Waals surface area (Å²) in [5.74, 6) is -0.398. The highest BCUT2D eigenvalue weighted by atomic mass is 16.7. The van der Waals surface area contributed by atoms with Crippen LogP contribution in [0, 0.1) is 0 Å². The molecule has 1 N–H and O–H groups in total. The molecule has 0 unspecified atom stereocenters. The van der Waals surface area contributed by atoms with Gasteiger partial charge in [0.25, 0.3) is 0 Å². The highest BCUT2D eigenvalue weighted by Gasteiger charge is 2.30. The summed E-state index contributed by atoms with van der Waals surface area (Å²) < 4.78 is 10.9. The molecule has 0 spiro atoms. The number of aliphatic hydroxyl groups is 1. The van der Waals surface area contributed by atoms with Crippen molar-refractivity contribution in [1.29, 1.82) is 0 Å². The van der Waals surface area contributed by atoms with Crippen molar-refractivity contribution in [3.05, 3.63) is 0 Å². The van der Waals surface area contributed by atoms with Crippen molar-refractivity contribution < 1.29 is 14.6 Å². The largest absolute Gasteiger partial charge is 0.390 e. The average Bonchev–Trinajstić information content (AvgIpc) is 2.33. The van der Waals surface area contributed by atoms with Gasteiger partial charge in [0.15, 0.2) is 5.79 Å². The van der Waals surface area contributed by atoms with Crippen LogP contribution in [0.1, 0.15) is 40.0 Å². The van der Waals surface area contributed by atoms with Gasteiger partial charge in [0.1, 0.15) is 0 Å². The number of hydrogen-bond donors (Lipinski definition) is 1. The Morgan fingerprint density at radius 3 is 2.31 bits per heavy atom. The summed E-state index contributed by atoms with van der Waals surface area (Å²) in [5, 5.41) is 9.49. The fourth-order valence-corrected chi connectivity index (χ4v) is 1.54. The second-order valence-electron chi connectivity index (χ2n) is 4.50. The maximum atomic E-state index is 9.49. The Kier molecular flexibility index (Phi) is 3.33. The first-order valence-electron chi connectivity index (χ1n) is 4.92. The SMILES string of the molecule is CC(C)(O)CCCC1(C)OCCO1. The van der Waals surface area contributed by atoms with E-state index in [-0.39, 0.29) is 0 Å². The summed E-state index contributed by atoms with van der Waals surface area (Å²) in [6, 6.07) is 0. The van der Waals surface area contributed by atoms with Crippen LogP contribution < -0.4 is 0 Å². The van der Waals surface area contributed by atoms with Gasteiger partial charge in [-0.05, 0) is 33.6 Å². The van der Waals surface area contributed by atoms with Gasteiger partial charge in [-0.25, -0.2) is 0 Å². The monoisotopic (exact) mass is 188 g/mol. The Labute approximate surface area is 80.0 Å². The van der Waals surface area contributed by atoms with E-state index in [9.17, 15) is 5.11 Å². The van der Waals surface area contributed by atoms with Gasteiger partial charge in [0.2, 0.25) is 0 Å². The molecule has 13 heavy (non-hydrogen) atoms. The maximum Gasteiger partial charge on any atom is 0.165 e.